The summed E-state index contributed by atoms with van der Waals surface area (Å²) in [6.45, 7) is 10.4. The zero-order chi connectivity index (χ0) is 33.4. The molecule has 0 saturated carbocycles. The molecule has 1 N–H and O–H groups in total. The number of hydrogen-bond donors (Lipinski definition) is 1. The largest absolute Gasteiger partial charge is 0.444 e. The molecule has 11 nitrogen and oxygen atoms in total. The molecule has 0 aliphatic carbocycles. The first kappa shape index (κ1) is 34.1. The fourth-order valence-corrected chi connectivity index (χ4v) is 7.69. The van der Waals surface area contributed by atoms with Crippen molar-refractivity contribution in [3.05, 3.63) is 58.7 Å². The lowest BCUT2D eigenvalue weighted by molar-refractivity contribution is -0.120. The number of hydrogen-bond acceptors (Lipinski definition) is 10. The fourth-order valence-electron chi connectivity index (χ4n) is 5.21. The number of carbonyl (C=O) groups excluding carboxylic acids is 2. The molecule has 0 bridgehead atoms. The number of carbonyl (C=O) groups is 2. The summed E-state index contributed by atoms with van der Waals surface area (Å²) < 4.78 is 50.9. The van der Waals surface area contributed by atoms with Gasteiger partial charge in [-0.3, -0.25) is 4.79 Å². The van der Waals surface area contributed by atoms with Gasteiger partial charge in [-0.25, -0.2) is 17.6 Å². The van der Waals surface area contributed by atoms with Crippen LogP contribution < -0.4 is 10.2 Å². The molecule has 0 unspecified atom stereocenters. The summed E-state index contributed by atoms with van der Waals surface area (Å²) in [4.78, 5) is 30.7. The summed E-state index contributed by atoms with van der Waals surface area (Å²) in [5, 5.41) is 11.6. The van der Waals surface area contributed by atoms with Crippen molar-refractivity contribution in [2.75, 3.05) is 41.8 Å². The first-order chi connectivity index (χ1) is 21.5. The van der Waals surface area contributed by atoms with Crippen LogP contribution in [0.1, 0.15) is 46.1 Å². The van der Waals surface area contributed by atoms with E-state index in [1.54, 1.807) is 45.0 Å². The first-order valence-corrected chi connectivity index (χ1v) is 18.0. The van der Waals surface area contributed by atoms with Crippen LogP contribution in [0.5, 0.6) is 0 Å². The molecular weight excluding hydrogens is 657 g/mol. The molecule has 1 aromatic heterocycles. The molecule has 0 spiro atoms. The van der Waals surface area contributed by atoms with Gasteiger partial charge < -0.3 is 24.3 Å². The minimum atomic E-state index is -3.03. The highest BCUT2D eigenvalue weighted by Gasteiger charge is 2.36. The minimum absolute atomic E-state index is 0.0189. The van der Waals surface area contributed by atoms with Gasteiger partial charge in [0.25, 0.3) is 11.8 Å². The summed E-state index contributed by atoms with van der Waals surface area (Å²) in [6.07, 6.45) is -0.733. The Kier molecular flexibility index (Phi) is 9.74. The average Bonchev–Trinajstić information content (AvgIpc) is 3.42. The zero-order valence-corrected chi connectivity index (χ0v) is 28.7. The Balaban J connectivity index is 1.45. The van der Waals surface area contributed by atoms with Crippen molar-refractivity contribution >= 4 is 50.9 Å². The van der Waals surface area contributed by atoms with E-state index in [9.17, 15) is 18.0 Å². The van der Waals surface area contributed by atoms with E-state index in [1.165, 1.54) is 28.8 Å². The number of amides is 2. The van der Waals surface area contributed by atoms with E-state index in [1.807, 2.05) is 18.7 Å². The zero-order valence-electron chi connectivity index (χ0n) is 26.3. The lowest BCUT2D eigenvalue weighted by Crippen LogP contribution is -2.50. The Bertz CT molecular complexity index is 1710. The van der Waals surface area contributed by atoms with E-state index in [0.717, 1.165) is 5.56 Å². The van der Waals surface area contributed by atoms with Crippen LogP contribution in [0.3, 0.4) is 0 Å². The van der Waals surface area contributed by atoms with Crippen LogP contribution >= 0.6 is 23.4 Å². The highest BCUT2D eigenvalue weighted by Crippen LogP contribution is 2.40. The van der Waals surface area contributed by atoms with Crippen molar-refractivity contribution in [1.29, 1.82) is 0 Å². The number of nitrogens with zero attached hydrogens (tertiary/aromatic N) is 4. The van der Waals surface area contributed by atoms with Crippen LogP contribution in [0.4, 0.5) is 14.9 Å². The topological polar surface area (TPSA) is 135 Å². The quantitative estimate of drug-likeness (QED) is 0.358. The highest BCUT2D eigenvalue weighted by atomic mass is 35.5. The second-order valence-corrected chi connectivity index (χ2v) is 16.9. The number of rotatable bonds is 7. The van der Waals surface area contributed by atoms with Gasteiger partial charge in [-0.15, -0.1) is 22.0 Å². The summed E-state index contributed by atoms with van der Waals surface area (Å²) in [6, 6.07) is 8.90. The first-order valence-electron chi connectivity index (χ1n) is 14.8. The van der Waals surface area contributed by atoms with Crippen molar-refractivity contribution in [1.82, 2.24) is 20.4 Å². The van der Waals surface area contributed by atoms with Crippen LogP contribution in [0, 0.1) is 5.82 Å². The maximum atomic E-state index is 15.7. The molecule has 3 aromatic rings. The molecule has 15 heteroatoms. The molecule has 0 radical (unpaired) electrons. The number of sulfone groups is 1. The summed E-state index contributed by atoms with van der Waals surface area (Å²) in [5.74, 6) is -0.460. The Morgan fingerprint density at radius 2 is 1.80 bits per heavy atom. The second kappa shape index (κ2) is 13.1. The highest BCUT2D eigenvalue weighted by molar-refractivity contribution is 7.99. The molecule has 2 amide bonds. The van der Waals surface area contributed by atoms with Gasteiger partial charge in [-0.2, -0.15) is 0 Å². The maximum Gasteiger partial charge on any atom is 0.408 e. The van der Waals surface area contributed by atoms with Gasteiger partial charge in [0.1, 0.15) is 17.5 Å². The Morgan fingerprint density at radius 1 is 1.13 bits per heavy atom. The number of alkyl carbamates (subject to hydrolysis) is 1. The maximum absolute atomic E-state index is 15.7. The van der Waals surface area contributed by atoms with Crippen molar-refractivity contribution < 1.29 is 31.6 Å². The smallest absolute Gasteiger partial charge is 0.408 e. The second-order valence-electron chi connectivity index (χ2n) is 13.1. The van der Waals surface area contributed by atoms with E-state index < -0.39 is 44.7 Å². The van der Waals surface area contributed by atoms with Gasteiger partial charge >= 0.3 is 6.09 Å². The number of halogens is 2. The molecule has 46 heavy (non-hydrogen) atoms. The lowest BCUT2D eigenvalue weighted by atomic mass is 9.92. The summed E-state index contributed by atoms with van der Waals surface area (Å²) in [5.41, 5.74) is -0.207. The number of fused-ring (bicyclic) bond motifs is 1. The molecule has 3 heterocycles. The standard InChI is InChI=1S/C31H37ClFN5O6S2/c1-30(2,3)44-29(40)34-23-17-45-25-15-22(33)21(14-24(25)38(27(23)39)16-19-6-8-20(32)9-7-19)26-35-36-28(43-26)31(4,5)18-37-10-12-46(41,42)13-11-37/h6-9,14-15,23H,10-13,16-18H2,1-5H3,(H,34,40)/t23-/m0/s1. The fraction of sp³-hybridized carbons (Fsp3) is 0.484. The normalized spacial score (nSPS) is 19.0. The summed E-state index contributed by atoms with van der Waals surface area (Å²) >= 11 is 7.33. The van der Waals surface area contributed by atoms with Crippen LogP contribution in [0.2, 0.25) is 5.02 Å². The monoisotopic (exact) mass is 693 g/mol. The Hall–Kier alpha value is -3.20. The van der Waals surface area contributed by atoms with Gasteiger partial charge in [0.2, 0.25) is 5.89 Å². The number of aromatic nitrogens is 2. The van der Waals surface area contributed by atoms with Crippen LogP contribution in [0.25, 0.3) is 11.5 Å². The third-order valence-corrected chi connectivity index (χ3v) is 10.5. The third kappa shape index (κ3) is 8.20. The van der Waals surface area contributed by atoms with E-state index in [-0.39, 0.29) is 41.1 Å². The minimum Gasteiger partial charge on any atom is -0.444 e. The van der Waals surface area contributed by atoms with E-state index >= 15 is 4.39 Å². The van der Waals surface area contributed by atoms with E-state index in [4.69, 9.17) is 20.8 Å². The molecular formula is C31H37ClFN5O6S2. The number of benzene rings is 2. The van der Waals surface area contributed by atoms with Gasteiger partial charge in [0.15, 0.2) is 9.84 Å². The van der Waals surface area contributed by atoms with Gasteiger partial charge in [-0.1, -0.05) is 23.7 Å². The molecule has 5 rings (SSSR count). The van der Waals surface area contributed by atoms with Crippen molar-refractivity contribution in [2.24, 2.45) is 0 Å². The molecule has 1 atom stereocenters. The van der Waals surface area contributed by atoms with E-state index in [0.29, 0.717) is 35.2 Å². The number of thioether (sulfide) groups is 1. The molecule has 1 saturated heterocycles. The molecule has 2 aliphatic rings. The molecule has 2 aliphatic heterocycles. The molecule has 2 aromatic carbocycles. The van der Waals surface area contributed by atoms with Crippen molar-refractivity contribution in [3.8, 4) is 11.5 Å². The average molecular weight is 694 g/mol. The Labute approximate surface area is 277 Å². The predicted octanol–water partition coefficient (Wildman–Crippen LogP) is 5.07. The summed E-state index contributed by atoms with van der Waals surface area (Å²) in [7, 11) is -3.03. The van der Waals surface area contributed by atoms with Crippen LogP contribution in [0.15, 0.2) is 45.7 Å². The number of anilines is 1. The van der Waals surface area contributed by atoms with Crippen molar-refractivity contribution in [2.45, 2.75) is 63.1 Å². The van der Waals surface area contributed by atoms with Gasteiger partial charge in [-0.05, 0) is 64.4 Å². The SMILES string of the molecule is CC(C)(C)OC(=O)N[C@H]1CSc2cc(F)c(-c3nnc(C(C)(C)CN4CCS(=O)(=O)CC4)o3)cc2N(Cc2ccc(Cl)cc2)C1=O. The predicted molar refractivity (Wildman–Crippen MR) is 174 cm³/mol. The van der Waals surface area contributed by atoms with Gasteiger partial charge in [0.05, 0.1) is 34.7 Å². The van der Waals surface area contributed by atoms with Gasteiger partial charge in [0, 0.05) is 35.3 Å². The molecule has 248 valence electrons. The van der Waals surface area contributed by atoms with Crippen molar-refractivity contribution in [3.63, 3.8) is 0 Å². The van der Waals surface area contributed by atoms with Crippen LogP contribution in [-0.4, -0.2) is 84.1 Å². The Morgan fingerprint density at radius 3 is 2.46 bits per heavy atom. The van der Waals surface area contributed by atoms with E-state index in [2.05, 4.69) is 15.5 Å². The third-order valence-electron chi connectivity index (χ3n) is 7.54. The lowest BCUT2D eigenvalue weighted by Gasteiger charge is -2.32. The molecule has 1 fully saturated rings. The number of ether oxygens (including phenoxy) is 1. The van der Waals surface area contributed by atoms with Crippen LogP contribution in [-0.2, 0) is 31.3 Å². The number of nitrogens with one attached hydrogen (secondary N) is 1.